The van der Waals surface area contributed by atoms with Crippen LogP contribution in [0, 0.1) is 0 Å². The summed E-state index contributed by atoms with van der Waals surface area (Å²) in [6, 6.07) is 3.91. The molecule has 0 saturated carbocycles. The van der Waals surface area contributed by atoms with Crippen molar-refractivity contribution in [3.8, 4) is 5.75 Å². The van der Waals surface area contributed by atoms with Crippen molar-refractivity contribution in [3.05, 3.63) is 25.6 Å². The van der Waals surface area contributed by atoms with E-state index in [2.05, 4.69) is 79.6 Å². The van der Waals surface area contributed by atoms with Gasteiger partial charge in [-0.15, -0.1) is 0 Å². The van der Waals surface area contributed by atoms with Crippen LogP contribution in [0.4, 0.5) is 0 Å². The third-order valence-corrected chi connectivity index (χ3v) is 5.41. The molecule has 0 heterocycles. The van der Waals surface area contributed by atoms with Crippen LogP contribution in [0.5, 0.6) is 5.75 Å². The molecule has 1 nitrogen and oxygen atoms in total. The van der Waals surface area contributed by atoms with Crippen LogP contribution >= 0.6 is 79.6 Å². The van der Waals surface area contributed by atoms with Gasteiger partial charge in [0.1, 0.15) is 12.4 Å². The molecule has 84 valence electrons. The first-order valence-corrected chi connectivity index (χ1v) is 8.43. The highest BCUT2D eigenvalue weighted by Gasteiger charge is 2.10. The average Bonchev–Trinajstić information content (AvgIpc) is 2.15. The maximum atomic E-state index is 5.68. The summed E-state index contributed by atoms with van der Waals surface area (Å²) < 4.78 is 8.55. The number of ether oxygens (including phenoxy) is 1. The Morgan fingerprint density at radius 3 is 2.13 bits per heavy atom. The van der Waals surface area contributed by atoms with Gasteiger partial charge in [0.2, 0.25) is 0 Å². The average molecular weight is 537 g/mol. The number of rotatable bonds is 4. The zero-order chi connectivity index (χ0) is 11.4. The second-order valence-electron chi connectivity index (χ2n) is 2.76. The fourth-order valence-corrected chi connectivity index (χ4v) is 3.69. The summed E-state index contributed by atoms with van der Waals surface area (Å²) in [5.41, 5.74) is 0. The molecule has 0 radical (unpaired) electrons. The van der Waals surface area contributed by atoms with Gasteiger partial charge in [-0.05, 0) is 44.0 Å². The Labute approximate surface area is 131 Å². The van der Waals surface area contributed by atoms with Crippen LogP contribution in [0.1, 0.15) is 0 Å². The molecule has 0 spiro atoms. The summed E-state index contributed by atoms with van der Waals surface area (Å²) >= 11 is 17.2. The third kappa shape index (κ3) is 4.66. The van der Waals surface area contributed by atoms with Crippen molar-refractivity contribution in [2.45, 2.75) is 4.83 Å². The zero-order valence-electron chi connectivity index (χ0n) is 7.44. The Hall–Kier alpha value is 1.42. The van der Waals surface area contributed by atoms with Gasteiger partial charge in [-0.2, -0.15) is 0 Å². The van der Waals surface area contributed by atoms with Crippen LogP contribution in [-0.2, 0) is 0 Å². The molecule has 0 N–H and O–H groups in total. The van der Waals surface area contributed by atoms with Gasteiger partial charge in [0.25, 0.3) is 0 Å². The van der Waals surface area contributed by atoms with Gasteiger partial charge in [0, 0.05) is 9.80 Å². The highest BCUT2D eigenvalue weighted by atomic mass is 79.9. The van der Waals surface area contributed by atoms with E-state index in [0.29, 0.717) is 11.4 Å². The fourth-order valence-electron chi connectivity index (χ4n) is 0.885. The molecule has 0 aromatic heterocycles. The zero-order valence-corrected chi connectivity index (χ0v) is 15.4. The van der Waals surface area contributed by atoms with Crippen molar-refractivity contribution in [1.82, 2.24) is 0 Å². The van der Waals surface area contributed by atoms with Crippen LogP contribution in [0.3, 0.4) is 0 Å². The summed E-state index contributed by atoms with van der Waals surface area (Å²) in [4.78, 5) is 0.306. The van der Waals surface area contributed by atoms with Crippen LogP contribution < -0.4 is 4.74 Å². The first kappa shape index (κ1) is 14.5. The van der Waals surface area contributed by atoms with Crippen molar-refractivity contribution in [1.29, 1.82) is 0 Å². The Kier molecular flexibility index (Phi) is 6.75. The lowest BCUT2D eigenvalue weighted by Gasteiger charge is -2.12. The molecule has 1 aromatic rings. The molecule has 0 bridgehead atoms. The molecule has 0 aliphatic heterocycles. The predicted octanol–water partition coefficient (Wildman–Crippen LogP) is 5.51. The standard InChI is InChI=1S/C9H7Br5O/c10-3-6(12)4-15-9-7(13)1-5(11)2-8(9)14/h1-2,6H,3-4H2/i1+1,2+1,5+1,7+1,8+1,9+1. The Morgan fingerprint density at radius 1 is 1.13 bits per heavy atom. The van der Waals surface area contributed by atoms with Gasteiger partial charge in [0.05, 0.1) is 13.8 Å². The number of alkyl halides is 2. The van der Waals surface area contributed by atoms with Gasteiger partial charge >= 0.3 is 0 Å². The lowest BCUT2D eigenvalue weighted by atomic mass is 10.5. The van der Waals surface area contributed by atoms with E-state index in [0.717, 1.165) is 24.5 Å². The van der Waals surface area contributed by atoms with Crippen molar-refractivity contribution in [3.63, 3.8) is 0 Å². The quantitative estimate of drug-likeness (QED) is 0.461. The van der Waals surface area contributed by atoms with Gasteiger partial charge in [-0.25, -0.2) is 0 Å². The molecule has 1 unspecified atom stereocenters. The molecule has 0 aliphatic rings. The predicted molar refractivity (Wildman–Crippen MR) is 81.5 cm³/mol. The minimum Gasteiger partial charge on any atom is -0.490 e. The molecule has 0 saturated heterocycles. The summed E-state index contributed by atoms with van der Waals surface area (Å²) in [6.45, 7) is 0.615. The molecule has 1 atom stereocenters. The molecule has 0 fully saturated rings. The molecule has 1 aromatic carbocycles. The minimum atomic E-state index is 0.306. The first-order valence-electron chi connectivity index (χ1n) is 4.02. The first-order chi connectivity index (χ1) is 7.04. The van der Waals surface area contributed by atoms with Crippen LogP contribution in [0.15, 0.2) is 25.6 Å². The Balaban J connectivity index is 2.77. The van der Waals surface area contributed by atoms with E-state index in [-0.39, 0.29) is 0 Å². The summed E-state index contributed by atoms with van der Waals surface area (Å²) in [5, 5.41) is 0.860. The van der Waals surface area contributed by atoms with E-state index in [1.165, 1.54) is 0 Å². The van der Waals surface area contributed by atoms with E-state index in [1.807, 2.05) is 12.1 Å². The van der Waals surface area contributed by atoms with Crippen molar-refractivity contribution in [2.75, 3.05) is 11.9 Å². The summed E-state index contributed by atoms with van der Waals surface area (Å²) in [6.07, 6.45) is 0. The minimum absolute atomic E-state index is 0.306. The Bertz CT molecular complexity index is 318. The number of benzene rings is 1. The van der Waals surface area contributed by atoms with Crippen molar-refractivity contribution in [2.24, 2.45) is 0 Å². The van der Waals surface area contributed by atoms with E-state index in [1.54, 1.807) is 0 Å². The highest BCUT2D eigenvalue weighted by Crippen LogP contribution is 2.36. The molecule has 6 heteroatoms. The molecular formula is C9H7Br5O. The second kappa shape index (κ2) is 6.99. The third-order valence-electron chi connectivity index (χ3n) is 1.54. The molecule has 15 heavy (non-hydrogen) atoms. The fraction of sp³-hybridized carbons (Fsp3) is 0.333. The van der Waals surface area contributed by atoms with Gasteiger partial charge in [-0.1, -0.05) is 47.8 Å². The molecule has 0 aliphatic carbocycles. The lowest BCUT2D eigenvalue weighted by Crippen LogP contribution is -2.12. The van der Waals surface area contributed by atoms with E-state index in [4.69, 9.17) is 4.74 Å². The molecule has 0 amide bonds. The highest BCUT2D eigenvalue weighted by molar-refractivity contribution is 9.12. The number of hydrogen-bond donors (Lipinski definition) is 0. The second-order valence-corrected chi connectivity index (χ2v) is 7.33. The van der Waals surface area contributed by atoms with E-state index < -0.39 is 0 Å². The smallest absolute Gasteiger partial charge is 0.147 e. The van der Waals surface area contributed by atoms with Crippen molar-refractivity contribution < 1.29 is 4.74 Å². The summed E-state index contributed by atoms with van der Waals surface area (Å²) in [5.74, 6) is 0.823. The largest absolute Gasteiger partial charge is 0.490 e. The topological polar surface area (TPSA) is 9.23 Å². The van der Waals surface area contributed by atoms with Crippen LogP contribution in [0.2, 0.25) is 0 Å². The van der Waals surface area contributed by atoms with Crippen LogP contribution in [0.25, 0.3) is 0 Å². The monoisotopic (exact) mass is 532 g/mol. The Morgan fingerprint density at radius 2 is 1.67 bits per heavy atom. The molecular weight excluding hydrogens is 530 g/mol. The molecule has 1 rings (SSSR count). The number of hydrogen-bond acceptors (Lipinski definition) is 1. The van der Waals surface area contributed by atoms with Gasteiger partial charge in [-0.3, -0.25) is 0 Å². The van der Waals surface area contributed by atoms with Crippen molar-refractivity contribution >= 4 is 79.6 Å². The SMILES string of the molecule is BrCC(Br)CO[13c]1[13c](Br)[13cH][13c](Br)[13cH][13c]1Br. The van der Waals surface area contributed by atoms with E-state index in [9.17, 15) is 0 Å². The van der Waals surface area contributed by atoms with Gasteiger partial charge < -0.3 is 4.74 Å². The van der Waals surface area contributed by atoms with E-state index >= 15 is 0 Å². The summed E-state index contributed by atoms with van der Waals surface area (Å²) in [7, 11) is 0. The maximum Gasteiger partial charge on any atom is 0.147 e. The number of halogens is 5. The van der Waals surface area contributed by atoms with Crippen LogP contribution in [-0.4, -0.2) is 16.8 Å². The normalized spacial score (nSPS) is 12.6. The maximum absolute atomic E-state index is 5.68. The van der Waals surface area contributed by atoms with Gasteiger partial charge in [0.15, 0.2) is 0 Å². The lowest BCUT2D eigenvalue weighted by molar-refractivity contribution is 0.321.